The number of amides is 1. The first kappa shape index (κ1) is 21.9. The summed E-state index contributed by atoms with van der Waals surface area (Å²) in [7, 11) is -0.875. The second-order valence-corrected chi connectivity index (χ2v) is 8.77. The predicted molar refractivity (Wildman–Crippen MR) is 98.8 cm³/mol. The zero-order valence-electron chi connectivity index (χ0n) is 15.6. The van der Waals surface area contributed by atoms with Crippen LogP contribution in [-0.4, -0.2) is 45.1 Å². The summed E-state index contributed by atoms with van der Waals surface area (Å²) in [5.41, 5.74) is -0.221. The summed E-state index contributed by atoms with van der Waals surface area (Å²) in [5, 5.41) is 0.970. The van der Waals surface area contributed by atoms with Crippen molar-refractivity contribution in [2.75, 3.05) is 20.6 Å². The van der Waals surface area contributed by atoms with Crippen molar-refractivity contribution in [2.45, 2.75) is 23.1 Å². The lowest BCUT2D eigenvalue weighted by Crippen LogP contribution is -2.42. The van der Waals surface area contributed by atoms with Gasteiger partial charge >= 0.3 is 0 Å². The van der Waals surface area contributed by atoms with Crippen LogP contribution < -0.4 is 5.32 Å². The molecule has 0 saturated heterocycles. The van der Waals surface area contributed by atoms with E-state index in [1.54, 1.807) is 14.1 Å². The van der Waals surface area contributed by atoms with E-state index in [0.29, 0.717) is 0 Å². The summed E-state index contributed by atoms with van der Waals surface area (Å²) in [5.74, 6) is -2.95. The second kappa shape index (κ2) is 8.74. The molecule has 0 spiro atoms. The second-order valence-electron chi connectivity index (χ2n) is 6.50. The van der Waals surface area contributed by atoms with E-state index in [9.17, 15) is 26.4 Å². The van der Waals surface area contributed by atoms with E-state index in [4.69, 9.17) is 0 Å². The van der Waals surface area contributed by atoms with Crippen molar-refractivity contribution >= 4 is 15.7 Å². The molecule has 2 rings (SSSR count). The predicted octanol–water partition coefficient (Wildman–Crippen LogP) is 2.69. The maximum atomic E-state index is 14.1. The van der Waals surface area contributed by atoms with Crippen molar-refractivity contribution in [1.82, 2.24) is 10.2 Å². The number of sulfone groups is 1. The fraction of sp³-hybridized carbons (Fsp3) is 0.316. The lowest BCUT2D eigenvalue weighted by Gasteiger charge is -2.26. The highest BCUT2D eigenvalue weighted by molar-refractivity contribution is 7.92. The van der Waals surface area contributed by atoms with Crippen LogP contribution in [0.5, 0.6) is 0 Å². The molecule has 5 nitrogen and oxygen atoms in total. The molecule has 0 bridgehead atoms. The summed E-state index contributed by atoms with van der Waals surface area (Å²) >= 11 is 0. The zero-order valence-corrected chi connectivity index (χ0v) is 16.4. The molecule has 2 aromatic rings. The molecule has 152 valence electrons. The number of nitrogens with one attached hydrogen (secondary N) is 1. The summed E-state index contributed by atoms with van der Waals surface area (Å²) in [6, 6.07) is 6.73. The normalized spacial score (nSPS) is 14.0. The molecule has 0 aliphatic carbocycles. The van der Waals surface area contributed by atoms with Crippen LogP contribution in [0.2, 0.25) is 0 Å². The Balaban J connectivity index is 2.17. The average molecular weight is 414 g/mol. The van der Waals surface area contributed by atoms with Gasteiger partial charge in [-0.3, -0.25) is 4.79 Å². The van der Waals surface area contributed by atoms with E-state index >= 15 is 0 Å². The van der Waals surface area contributed by atoms with E-state index in [0.717, 1.165) is 36.4 Å². The number of hydrogen-bond acceptors (Lipinski definition) is 4. The third-order valence-corrected chi connectivity index (χ3v) is 6.48. The molecule has 0 aliphatic heterocycles. The highest BCUT2D eigenvalue weighted by Gasteiger charge is 2.31. The Hall–Kier alpha value is -2.39. The van der Waals surface area contributed by atoms with Crippen LogP contribution in [0.3, 0.4) is 0 Å². The smallest absolute Gasteiger partial charge is 0.238 e. The lowest BCUT2D eigenvalue weighted by molar-refractivity contribution is -0.120. The highest BCUT2D eigenvalue weighted by Crippen LogP contribution is 2.24. The van der Waals surface area contributed by atoms with Crippen LogP contribution in [0.4, 0.5) is 13.2 Å². The number of carbonyl (C=O) groups is 1. The Labute approximate surface area is 162 Å². The van der Waals surface area contributed by atoms with Crippen molar-refractivity contribution < 1.29 is 26.4 Å². The van der Waals surface area contributed by atoms with Gasteiger partial charge in [0.15, 0.2) is 9.84 Å². The van der Waals surface area contributed by atoms with E-state index in [1.807, 2.05) is 0 Å². The molecule has 0 aliphatic rings. The molecule has 2 unspecified atom stereocenters. The van der Waals surface area contributed by atoms with Crippen LogP contribution >= 0.6 is 0 Å². The van der Waals surface area contributed by atoms with Gasteiger partial charge < -0.3 is 10.2 Å². The third-order valence-electron chi connectivity index (χ3n) is 4.40. The molecule has 28 heavy (non-hydrogen) atoms. The summed E-state index contributed by atoms with van der Waals surface area (Å²) in [4.78, 5) is 13.7. The lowest BCUT2D eigenvalue weighted by atomic mass is 10.0. The van der Waals surface area contributed by atoms with Gasteiger partial charge in [0.1, 0.15) is 22.7 Å². The molecule has 0 aromatic heterocycles. The van der Waals surface area contributed by atoms with Crippen molar-refractivity contribution in [3.63, 3.8) is 0 Å². The SMILES string of the molecule is CC(C(=O)NCC(c1c(F)cccc1F)N(C)C)S(=O)(=O)c1ccc(F)cc1. The molecule has 9 heteroatoms. The van der Waals surface area contributed by atoms with Crippen LogP contribution in [0.25, 0.3) is 0 Å². The largest absolute Gasteiger partial charge is 0.353 e. The minimum atomic E-state index is -4.04. The first-order valence-corrected chi connectivity index (χ1v) is 9.98. The van der Waals surface area contributed by atoms with Crippen LogP contribution in [-0.2, 0) is 14.6 Å². The standard InChI is InChI=1S/C19H21F3N2O3S/c1-12(28(26,27)14-9-7-13(20)8-10-14)19(25)23-11-17(24(2)3)18-15(21)5-4-6-16(18)22/h4-10,12,17H,11H2,1-3H3,(H,23,25). The Morgan fingerprint density at radius 3 is 2.07 bits per heavy atom. The van der Waals surface area contributed by atoms with Gasteiger partial charge in [0, 0.05) is 12.1 Å². The van der Waals surface area contributed by atoms with Crippen molar-refractivity contribution in [3.8, 4) is 0 Å². The number of likely N-dealkylation sites (N-methyl/N-ethyl adjacent to an activating group) is 1. The van der Waals surface area contributed by atoms with Crippen LogP contribution in [0.1, 0.15) is 18.5 Å². The number of halogens is 3. The number of carbonyl (C=O) groups excluding carboxylic acids is 1. The first-order valence-electron chi connectivity index (χ1n) is 8.43. The van der Waals surface area contributed by atoms with Crippen molar-refractivity contribution in [1.29, 1.82) is 0 Å². The average Bonchev–Trinajstić information content (AvgIpc) is 2.63. The van der Waals surface area contributed by atoms with E-state index < -0.39 is 44.5 Å². The van der Waals surface area contributed by atoms with Crippen molar-refractivity contribution in [2.24, 2.45) is 0 Å². The zero-order chi connectivity index (χ0) is 21.1. The van der Waals surface area contributed by atoms with Gasteiger partial charge in [-0.25, -0.2) is 21.6 Å². The molecule has 0 fully saturated rings. The Morgan fingerprint density at radius 2 is 1.57 bits per heavy atom. The van der Waals surface area contributed by atoms with E-state index in [1.165, 1.54) is 17.9 Å². The Morgan fingerprint density at radius 1 is 1.04 bits per heavy atom. The minimum Gasteiger partial charge on any atom is -0.353 e. The van der Waals surface area contributed by atoms with Gasteiger partial charge in [-0.2, -0.15) is 0 Å². The Kier molecular flexibility index (Phi) is 6.84. The number of benzene rings is 2. The summed E-state index contributed by atoms with van der Waals surface area (Å²) in [6.45, 7) is 0.995. The van der Waals surface area contributed by atoms with Gasteiger partial charge in [-0.1, -0.05) is 6.07 Å². The molecule has 0 saturated carbocycles. The van der Waals surface area contributed by atoms with Crippen molar-refractivity contribution in [3.05, 3.63) is 65.5 Å². The van der Waals surface area contributed by atoms with Gasteiger partial charge in [0.2, 0.25) is 5.91 Å². The van der Waals surface area contributed by atoms with E-state index in [-0.39, 0.29) is 17.0 Å². The minimum absolute atomic E-state index is 0.194. The highest BCUT2D eigenvalue weighted by atomic mass is 32.2. The fourth-order valence-corrected chi connectivity index (χ4v) is 3.97. The summed E-state index contributed by atoms with van der Waals surface area (Å²) in [6.07, 6.45) is 0. The number of rotatable bonds is 7. The molecule has 0 heterocycles. The molecule has 1 amide bonds. The van der Waals surface area contributed by atoms with Gasteiger partial charge in [-0.05, 0) is 57.4 Å². The Bertz CT molecular complexity index is 927. The molecule has 1 N–H and O–H groups in total. The number of hydrogen-bond donors (Lipinski definition) is 1. The fourth-order valence-electron chi connectivity index (χ4n) is 2.68. The van der Waals surface area contributed by atoms with Gasteiger partial charge in [-0.15, -0.1) is 0 Å². The van der Waals surface area contributed by atoms with Gasteiger partial charge in [0.05, 0.1) is 10.9 Å². The maximum absolute atomic E-state index is 14.1. The van der Waals surface area contributed by atoms with Crippen LogP contribution in [0.15, 0.2) is 47.4 Å². The molecule has 2 atom stereocenters. The summed E-state index contributed by atoms with van der Waals surface area (Å²) < 4.78 is 66.2. The monoisotopic (exact) mass is 414 g/mol. The van der Waals surface area contributed by atoms with Gasteiger partial charge in [0.25, 0.3) is 0 Å². The molecular formula is C19H21F3N2O3S. The third kappa shape index (κ3) is 4.71. The first-order chi connectivity index (χ1) is 13.1. The van der Waals surface area contributed by atoms with Crippen LogP contribution in [0, 0.1) is 17.5 Å². The quantitative estimate of drug-likeness (QED) is 0.708. The molecule has 0 radical (unpaired) electrons. The molecular weight excluding hydrogens is 393 g/mol. The van der Waals surface area contributed by atoms with E-state index in [2.05, 4.69) is 5.32 Å². The molecule has 2 aromatic carbocycles. The number of nitrogens with zero attached hydrogens (tertiary/aromatic N) is 1. The maximum Gasteiger partial charge on any atom is 0.238 e. The topological polar surface area (TPSA) is 66.5 Å².